The second-order valence-electron chi connectivity index (χ2n) is 6.97. The number of benzene rings is 3. The molecule has 0 spiro atoms. The Morgan fingerprint density at radius 1 is 0.750 bits per heavy atom. The monoisotopic (exact) mass is 422 g/mol. The van der Waals surface area contributed by atoms with E-state index in [1.54, 1.807) is 19.2 Å². The molecule has 3 nitrogen and oxygen atoms in total. The van der Waals surface area contributed by atoms with Gasteiger partial charge in [0.15, 0.2) is 0 Å². The topological polar surface area (TPSA) is 38.7 Å². The van der Waals surface area contributed by atoms with Crippen molar-refractivity contribution in [2.24, 2.45) is 0 Å². The first kappa shape index (κ1) is 22.8. The minimum absolute atomic E-state index is 0.252. The summed E-state index contributed by atoms with van der Waals surface area (Å²) in [6.07, 6.45) is 0.873. The van der Waals surface area contributed by atoms with Crippen molar-refractivity contribution >= 4 is 11.1 Å². The van der Waals surface area contributed by atoms with Crippen molar-refractivity contribution in [3.8, 4) is 35.2 Å². The van der Waals surface area contributed by atoms with E-state index in [-0.39, 0.29) is 12.4 Å². The third-order valence-corrected chi connectivity index (χ3v) is 4.84. The van der Waals surface area contributed by atoms with Gasteiger partial charge < -0.3 is 14.6 Å². The number of hydrogen-bond acceptors (Lipinski definition) is 3. The number of phenols is 1. The first-order chi connectivity index (χ1) is 15.7. The predicted molar refractivity (Wildman–Crippen MR) is 130 cm³/mol. The molecule has 0 bridgehead atoms. The van der Waals surface area contributed by atoms with Crippen molar-refractivity contribution < 1.29 is 14.6 Å². The van der Waals surface area contributed by atoms with Gasteiger partial charge in [-0.1, -0.05) is 67.4 Å². The number of ether oxygens (including phenoxy) is 2. The summed E-state index contributed by atoms with van der Waals surface area (Å²) in [4.78, 5) is 0. The highest BCUT2D eigenvalue weighted by Crippen LogP contribution is 2.35. The molecule has 3 aromatic carbocycles. The standard InChI is InChI=1S/C29H26O3/c1-3-28(23-11-7-6-8-12-23)29(24-13-17-26(30)18-14-24)25-15-19-27(20-16-25)32-22-10-5-4-9-21-31-2/h6-8,11-20,30H,3,21-22H2,1-2H3/b29-28-. The van der Waals surface area contributed by atoms with E-state index in [9.17, 15) is 5.11 Å². The molecule has 0 fully saturated rings. The number of hydrogen-bond donors (Lipinski definition) is 1. The van der Waals surface area contributed by atoms with E-state index in [0.717, 1.165) is 28.9 Å². The molecule has 0 aliphatic carbocycles. The van der Waals surface area contributed by atoms with Crippen LogP contribution in [0.4, 0.5) is 0 Å². The molecule has 160 valence electrons. The maximum atomic E-state index is 9.76. The first-order valence-corrected chi connectivity index (χ1v) is 10.5. The third kappa shape index (κ3) is 6.29. The zero-order valence-corrected chi connectivity index (χ0v) is 18.4. The van der Waals surface area contributed by atoms with Crippen LogP contribution in [0.2, 0.25) is 0 Å². The van der Waals surface area contributed by atoms with Gasteiger partial charge in [0, 0.05) is 7.11 Å². The smallest absolute Gasteiger partial charge is 0.150 e. The van der Waals surface area contributed by atoms with Crippen LogP contribution in [0.5, 0.6) is 11.5 Å². The van der Waals surface area contributed by atoms with Gasteiger partial charge in [0.25, 0.3) is 0 Å². The van der Waals surface area contributed by atoms with E-state index in [1.165, 1.54) is 11.1 Å². The Balaban J connectivity index is 1.90. The summed E-state index contributed by atoms with van der Waals surface area (Å²) in [5.74, 6) is 12.1. The molecular weight excluding hydrogens is 396 g/mol. The molecule has 0 unspecified atom stereocenters. The van der Waals surface area contributed by atoms with Gasteiger partial charge >= 0.3 is 0 Å². The van der Waals surface area contributed by atoms with Gasteiger partial charge in [0.05, 0.1) is 0 Å². The second-order valence-corrected chi connectivity index (χ2v) is 6.97. The maximum Gasteiger partial charge on any atom is 0.150 e. The van der Waals surface area contributed by atoms with Gasteiger partial charge in [0.1, 0.15) is 24.7 Å². The normalized spacial score (nSPS) is 10.8. The molecule has 3 rings (SSSR count). The van der Waals surface area contributed by atoms with Crippen molar-refractivity contribution in [3.05, 3.63) is 95.6 Å². The quantitative estimate of drug-likeness (QED) is 0.387. The van der Waals surface area contributed by atoms with E-state index in [0.29, 0.717) is 6.61 Å². The zero-order valence-electron chi connectivity index (χ0n) is 18.4. The molecular formula is C29H26O3. The fourth-order valence-corrected chi connectivity index (χ4v) is 3.38. The predicted octanol–water partition coefficient (Wildman–Crippen LogP) is 5.79. The molecule has 3 heteroatoms. The lowest BCUT2D eigenvalue weighted by Gasteiger charge is -2.17. The largest absolute Gasteiger partial charge is 0.508 e. The van der Waals surface area contributed by atoms with Crippen LogP contribution in [0, 0.1) is 23.7 Å². The number of methoxy groups -OCH3 is 1. The van der Waals surface area contributed by atoms with Crippen molar-refractivity contribution in [1.29, 1.82) is 0 Å². The van der Waals surface area contributed by atoms with Crippen LogP contribution in [-0.2, 0) is 4.74 Å². The average molecular weight is 423 g/mol. The second kappa shape index (κ2) is 12.1. The molecule has 0 aromatic heterocycles. The molecule has 0 heterocycles. The molecule has 0 aliphatic heterocycles. The summed E-state index contributed by atoms with van der Waals surface area (Å²) in [6.45, 7) is 2.80. The fraction of sp³-hybridized carbons (Fsp3) is 0.172. The highest BCUT2D eigenvalue weighted by atomic mass is 16.5. The molecule has 0 amide bonds. The first-order valence-electron chi connectivity index (χ1n) is 10.5. The zero-order chi connectivity index (χ0) is 22.6. The van der Waals surface area contributed by atoms with Crippen LogP contribution in [0.25, 0.3) is 11.1 Å². The number of allylic oxidation sites excluding steroid dienone is 1. The van der Waals surface area contributed by atoms with Gasteiger partial charge in [-0.2, -0.15) is 0 Å². The number of phenolic OH excluding ortho intramolecular Hbond substituents is 1. The van der Waals surface area contributed by atoms with E-state index < -0.39 is 0 Å². The van der Waals surface area contributed by atoms with Gasteiger partial charge in [-0.3, -0.25) is 0 Å². The van der Waals surface area contributed by atoms with Gasteiger partial charge in [0.2, 0.25) is 0 Å². The van der Waals surface area contributed by atoms with Crippen LogP contribution < -0.4 is 4.74 Å². The van der Waals surface area contributed by atoms with E-state index in [2.05, 4.69) is 67.0 Å². The third-order valence-electron chi connectivity index (χ3n) is 4.84. The van der Waals surface area contributed by atoms with E-state index in [1.807, 2.05) is 30.3 Å². The number of rotatable bonds is 7. The Labute approximate surface area is 190 Å². The Hall–Kier alpha value is -3.92. The maximum absolute atomic E-state index is 9.76. The summed E-state index contributed by atoms with van der Waals surface area (Å²) < 4.78 is 10.6. The fourth-order valence-electron chi connectivity index (χ4n) is 3.38. The summed E-state index contributed by atoms with van der Waals surface area (Å²) in [6, 6.07) is 25.8. The summed E-state index contributed by atoms with van der Waals surface area (Å²) in [5, 5.41) is 9.76. The van der Waals surface area contributed by atoms with Gasteiger partial charge in [-0.05, 0) is 76.3 Å². The van der Waals surface area contributed by atoms with Crippen LogP contribution in [0.15, 0.2) is 78.9 Å². The van der Waals surface area contributed by atoms with Crippen molar-refractivity contribution in [1.82, 2.24) is 0 Å². The molecule has 32 heavy (non-hydrogen) atoms. The van der Waals surface area contributed by atoms with Crippen LogP contribution in [0.1, 0.15) is 30.0 Å². The molecule has 0 radical (unpaired) electrons. The molecule has 0 saturated carbocycles. The van der Waals surface area contributed by atoms with Crippen molar-refractivity contribution in [2.75, 3.05) is 20.3 Å². The Kier molecular flexibility index (Phi) is 8.58. The van der Waals surface area contributed by atoms with Gasteiger partial charge in [-0.15, -0.1) is 0 Å². The number of aromatic hydroxyl groups is 1. The molecule has 0 atom stereocenters. The van der Waals surface area contributed by atoms with Gasteiger partial charge in [-0.25, -0.2) is 0 Å². The van der Waals surface area contributed by atoms with Crippen LogP contribution >= 0.6 is 0 Å². The molecule has 0 aliphatic rings. The molecule has 0 saturated heterocycles. The molecule has 3 aromatic rings. The Bertz CT molecular complexity index is 1150. The highest BCUT2D eigenvalue weighted by Gasteiger charge is 2.13. The minimum Gasteiger partial charge on any atom is -0.508 e. The lowest BCUT2D eigenvalue weighted by molar-refractivity contribution is 0.240. The molecule has 1 N–H and O–H groups in total. The minimum atomic E-state index is 0.252. The summed E-state index contributed by atoms with van der Waals surface area (Å²) in [5.41, 5.74) is 5.70. The van der Waals surface area contributed by atoms with E-state index >= 15 is 0 Å². The Morgan fingerprint density at radius 2 is 1.34 bits per heavy atom. The lowest BCUT2D eigenvalue weighted by atomic mass is 9.88. The highest BCUT2D eigenvalue weighted by molar-refractivity contribution is 5.98. The SMILES string of the molecule is CC/C(=C(\c1ccc(O)cc1)c1ccc(OCC#CC#CCOC)cc1)c1ccccc1. The van der Waals surface area contributed by atoms with Crippen molar-refractivity contribution in [2.45, 2.75) is 13.3 Å². The Morgan fingerprint density at radius 3 is 1.94 bits per heavy atom. The van der Waals surface area contributed by atoms with Crippen LogP contribution in [0.3, 0.4) is 0 Å². The lowest BCUT2D eigenvalue weighted by Crippen LogP contribution is -1.97. The summed E-state index contributed by atoms with van der Waals surface area (Å²) >= 11 is 0. The van der Waals surface area contributed by atoms with Crippen LogP contribution in [-0.4, -0.2) is 25.4 Å². The summed E-state index contributed by atoms with van der Waals surface area (Å²) in [7, 11) is 1.60. The van der Waals surface area contributed by atoms with Crippen molar-refractivity contribution in [3.63, 3.8) is 0 Å². The van der Waals surface area contributed by atoms with E-state index in [4.69, 9.17) is 9.47 Å². The average Bonchev–Trinajstić information content (AvgIpc) is 2.84.